The molecule has 0 aliphatic heterocycles. The molecule has 2 heterocycles. The maximum absolute atomic E-state index is 11.3. The van der Waals surface area contributed by atoms with Gasteiger partial charge < -0.3 is 5.32 Å². The smallest absolute Gasteiger partial charge is 0.343 e. The lowest BCUT2D eigenvalue weighted by Crippen LogP contribution is -2.07. The van der Waals surface area contributed by atoms with Gasteiger partial charge in [0.2, 0.25) is 5.82 Å². The highest BCUT2D eigenvalue weighted by Gasteiger charge is 2.23. The number of pyridine rings is 1. The van der Waals surface area contributed by atoms with Crippen LogP contribution in [0.25, 0.3) is 0 Å². The first-order chi connectivity index (χ1) is 10.1. The summed E-state index contributed by atoms with van der Waals surface area (Å²) >= 11 is 6.86. The fourth-order valence-electron chi connectivity index (χ4n) is 1.50. The Labute approximate surface area is 130 Å². The van der Waals surface area contributed by atoms with Gasteiger partial charge in [0.05, 0.1) is 9.95 Å². The molecule has 9 heteroatoms. The SMILES string of the molecule is CCCNc1ncnc(Sc2ccc(Cl)cn2)c1[N+](=O)[O-]. The van der Waals surface area contributed by atoms with Gasteiger partial charge in [-0.05, 0) is 30.3 Å². The number of anilines is 1. The molecule has 0 unspecified atom stereocenters. The summed E-state index contributed by atoms with van der Waals surface area (Å²) in [6, 6.07) is 3.35. The summed E-state index contributed by atoms with van der Waals surface area (Å²) in [5, 5.41) is 15.5. The van der Waals surface area contributed by atoms with Gasteiger partial charge in [-0.25, -0.2) is 15.0 Å². The van der Waals surface area contributed by atoms with Crippen molar-refractivity contribution in [1.82, 2.24) is 15.0 Å². The van der Waals surface area contributed by atoms with Crippen LogP contribution in [0.2, 0.25) is 5.02 Å². The van der Waals surface area contributed by atoms with Crippen LogP contribution in [0.5, 0.6) is 0 Å². The Kier molecular flexibility index (Phi) is 5.29. The number of nitrogens with one attached hydrogen (secondary N) is 1. The molecule has 7 nitrogen and oxygen atoms in total. The van der Waals surface area contributed by atoms with Gasteiger partial charge in [-0.15, -0.1) is 0 Å². The summed E-state index contributed by atoms with van der Waals surface area (Å²) in [6.07, 6.45) is 3.61. The standard InChI is InChI=1S/C12H12ClN5O2S/c1-2-5-14-11-10(18(19)20)12(17-7-16-11)21-9-4-3-8(13)6-15-9/h3-4,6-7H,2,5H2,1H3,(H,14,16,17). The van der Waals surface area contributed by atoms with E-state index in [2.05, 4.69) is 20.3 Å². The Bertz CT molecular complexity index is 638. The van der Waals surface area contributed by atoms with Gasteiger partial charge in [0, 0.05) is 12.7 Å². The summed E-state index contributed by atoms with van der Waals surface area (Å²) < 4.78 is 0. The van der Waals surface area contributed by atoms with Crippen LogP contribution < -0.4 is 5.32 Å². The molecule has 0 aromatic carbocycles. The molecule has 0 spiro atoms. The zero-order valence-corrected chi connectivity index (χ0v) is 12.7. The van der Waals surface area contributed by atoms with Crippen molar-refractivity contribution in [3.8, 4) is 0 Å². The first-order valence-electron chi connectivity index (χ1n) is 6.14. The normalized spacial score (nSPS) is 10.4. The van der Waals surface area contributed by atoms with E-state index in [1.165, 1.54) is 12.5 Å². The van der Waals surface area contributed by atoms with E-state index in [-0.39, 0.29) is 16.5 Å². The third kappa shape index (κ3) is 4.02. The summed E-state index contributed by atoms with van der Waals surface area (Å²) in [4.78, 5) is 22.8. The van der Waals surface area contributed by atoms with Crippen LogP contribution in [0.15, 0.2) is 34.7 Å². The third-order valence-electron chi connectivity index (χ3n) is 2.42. The molecule has 0 amide bonds. The number of hydrogen-bond donors (Lipinski definition) is 1. The van der Waals surface area contributed by atoms with E-state index in [4.69, 9.17) is 11.6 Å². The molecular weight excluding hydrogens is 314 g/mol. The fraction of sp³-hybridized carbons (Fsp3) is 0.250. The monoisotopic (exact) mass is 325 g/mol. The average Bonchev–Trinajstić information content (AvgIpc) is 2.47. The number of aromatic nitrogens is 3. The molecule has 21 heavy (non-hydrogen) atoms. The summed E-state index contributed by atoms with van der Waals surface area (Å²) in [6.45, 7) is 2.56. The maximum atomic E-state index is 11.3. The van der Waals surface area contributed by atoms with Crippen molar-refractivity contribution in [3.05, 3.63) is 39.8 Å². The molecule has 0 fully saturated rings. The van der Waals surface area contributed by atoms with Gasteiger partial charge in [0.25, 0.3) is 0 Å². The molecule has 2 aromatic rings. The van der Waals surface area contributed by atoms with E-state index in [1.54, 1.807) is 12.1 Å². The molecular formula is C12H12ClN5O2S. The van der Waals surface area contributed by atoms with Crippen molar-refractivity contribution in [2.24, 2.45) is 0 Å². The Hall–Kier alpha value is -1.93. The molecule has 0 aliphatic carbocycles. The molecule has 0 saturated heterocycles. The Morgan fingerprint density at radius 2 is 2.19 bits per heavy atom. The van der Waals surface area contributed by atoms with E-state index in [0.717, 1.165) is 18.2 Å². The molecule has 0 bridgehead atoms. The van der Waals surface area contributed by atoms with Crippen molar-refractivity contribution in [1.29, 1.82) is 0 Å². The third-order valence-corrected chi connectivity index (χ3v) is 3.58. The zero-order valence-electron chi connectivity index (χ0n) is 11.1. The molecule has 110 valence electrons. The summed E-state index contributed by atoms with van der Waals surface area (Å²) in [5.41, 5.74) is -0.146. The topological polar surface area (TPSA) is 93.8 Å². The molecule has 1 N–H and O–H groups in total. The van der Waals surface area contributed by atoms with E-state index in [0.29, 0.717) is 16.6 Å². The second-order valence-corrected chi connectivity index (χ2v) is 5.42. The molecule has 0 saturated carbocycles. The lowest BCUT2D eigenvalue weighted by molar-refractivity contribution is -0.387. The minimum absolute atomic E-state index is 0.146. The van der Waals surface area contributed by atoms with Gasteiger partial charge in [-0.1, -0.05) is 18.5 Å². The van der Waals surface area contributed by atoms with Crippen molar-refractivity contribution in [3.63, 3.8) is 0 Å². The number of hydrogen-bond acceptors (Lipinski definition) is 7. The van der Waals surface area contributed by atoms with Crippen molar-refractivity contribution in [2.75, 3.05) is 11.9 Å². The summed E-state index contributed by atoms with van der Waals surface area (Å²) in [5.74, 6) is 0.216. The maximum Gasteiger partial charge on any atom is 0.343 e. The second kappa shape index (κ2) is 7.19. The number of nitrogens with zero attached hydrogens (tertiary/aromatic N) is 4. The van der Waals surface area contributed by atoms with Crippen LogP contribution in [-0.2, 0) is 0 Å². The molecule has 0 aliphatic rings. The van der Waals surface area contributed by atoms with Crippen LogP contribution in [0.3, 0.4) is 0 Å². The van der Waals surface area contributed by atoms with Gasteiger partial charge >= 0.3 is 5.69 Å². The Morgan fingerprint density at radius 3 is 2.81 bits per heavy atom. The predicted molar refractivity (Wildman–Crippen MR) is 80.8 cm³/mol. The van der Waals surface area contributed by atoms with Crippen molar-refractivity contribution >= 4 is 34.9 Å². The minimum Gasteiger partial charge on any atom is -0.364 e. The lowest BCUT2D eigenvalue weighted by atomic mass is 10.4. The number of nitro groups is 1. The van der Waals surface area contributed by atoms with Crippen LogP contribution in [0.1, 0.15) is 13.3 Å². The van der Waals surface area contributed by atoms with Gasteiger partial charge in [-0.3, -0.25) is 10.1 Å². The first kappa shape index (κ1) is 15.5. The van der Waals surface area contributed by atoms with Crippen LogP contribution in [0, 0.1) is 10.1 Å². The molecule has 2 rings (SSSR count). The average molecular weight is 326 g/mol. The molecule has 0 radical (unpaired) electrons. The van der Waals surface area contributed by atoms with Crippen LogP contribution in [-0.4, -0.2) is 26.4 Å². The minimum atomic E-state index is -0.490. The highest BCUT2D eigenvalue weighted by atomic mass is 35.5. The zero-order chi connectivity index (χ0) is 15.2. The van der Waals surface area contributed by atoms with Gasteiger partial charge in [0.15, 0.2) is 5.03 Å². The quantitative estimate of drug-likeness (QED) is 0.494. The number of rotatable bonds is 6. The van der Waals surface area contributed by atoms with Crippen LogP contribution in [0.4, 0.5) is 11.5 Å². The van der Waals surface area contributed by atoms with Crippen molar-refractivity contribution in [2.45, 2.75) is 23.4 Å². The first-order valence-corrected chi connectivity index (χ1v) is 7.34. The highest BCUT2D eigenvalue weighted by molar-refractivity contribution is 7.99. The Morgan fingerprint density at radius 1 is 1.38 bits per heavy atom. The fourth-order valence-corrected chi connectivity index (χ4v) is 2.42. The lowest BCUT2D eigenvalue weighted by Gasteiger charge is -2.07. The number of halogens is 1. The predicted octanol–water partition coefficient (Wildman–Crippen LogP) is 3.41. The van der Waals surface area contributed by atoms with Crippen LogP contribution >= 0.6 is 23.4 Å². The van der Waals surface area contributed by atoms with E-state index < -0.39 is 4.92 Å². The van der Waals surface area contributed by atoms with E-state index in [9.17, 15) is 10.1 Å². The van der Waals surface area contributed by atoms with Gasteiger partial charge in [-0.2, -0.15) is 0 Å². The van der Waals surface area contributed by atoms with Gasteiger partial charge in [0.1, 0.15) is 11.4 Å². The molecule has 2 aromatic heterocycles. The highest BCUT2D eigenvalue weighted by Crippen LogP contribution is 2.35. The van der Waals surface area contributed by atoms with E-state index >= 15 is 0 Å². The summed E-state index contributed by atoms with van der Waals surface area (Å²) in [7, 11) is 0. The van der Waals surface area contributed by atoms with Crippen molar-refractivity contribution < 1.29 is 4.92 Å². The largest absolute Gasteiger partial charge is 0.364 e. The second-order valence-electron chi connectivity index (χ2n) is 3.98. The van der Waals surface area contributed by atoms with E-state index in [1.807, 2.05) is 6.92 Å². The Balaban J connectivity index is 2.33. The molecule has 0 atom stereocenters.